The molecule has 0 fully saturated rings. The van der Waals surface area contributed by atoms with Crippen LogP contribution < -0.4 is 16.8 Å². The van der Waals surface area contributed by atoms with Crippen LogP contribution in [-0.4, -0.2) is 21.4 Å². The Kier molecular flexibility index (Phi) is 6.96. The zero-order chi connectivity index (χ0) is 22.1. The molecule has 1 aromatic heterocycles. The largest absolute Gasteiger partial charge is 0.416 e. The Morgan fingerprint density at radius 1 is 1.13 bits per heavy atom. The Hall–Kier alpha value is -3.53. The highest BCUT2D eigenvalue weighted by Gasteiger charge is 2.31. The minimum Gasteiger partial charge on any atom is -0.370 e. The van der Waals surface area contributed by atoms with Gasteiger partial charge in [0, 0.05) is 23.1 Å². The summed E-state index contributed by atoms with van der Waals surface area (Å²) in [4.78, 5) is 20.6. The Balaban J connectivity index is 0.00000341. The van der Waals surface area contributed by atoms with E-state index in [1.807, 2.05) is 0 Å². The van der Waals surface area contributed by atoms with Gasteiger partial charge in [-0.25, -0.2) is 9.98 Å². The maximum atomic E-state index is 13.4. The van der Waals surface area contributed by atoms with E-state index in [-0.39, 0.29) is 35.3 Å². The number of benzene rings is 2. The summed E-state index contributed by atoms with van der Waals surface area (Å²) in [5.74, 6) is -0.775. The van der Waals surface area contributed by atoms with Crippen LogP contribution in [-0.2, 0) is 6.18 Å². The van der Waals surface area contributed by atoms with Gasteiger partial charge >= 0.3 is 6.18 Å². The maximum absolute atomic E-state index is 13.4. The third kappa shape index (κ3) is 5.76. The lowest BCUT2D eigenvalue weighted by Crippen LogP contribution is -2.22. The number of nitrogens with one attached hydrogen (secondary N) is 1. The van der Waals surface area contributed by atoms with Gasteiger partial charge in [0.05, 0.1) is 23.3 Å². The zero-order valence-corrected chi connectivity index (χ0v) is 17.4. The smallest absolute Gasteiger partial charge is 0.370 e. The first-order valence-electron chi connectivity index (χ1n) is 8.78. The Labute approximate surface area is 182 Å². The van der Waals surface area contributed by atoms with Crippen LogP contribution >= 0.6 is 12.4 Å². The van der Waals surface area contributed by atoms with Gasteiger partial charge in [-0.3, -0.25) is 4.79 Å². The molecular weight excluding hydrogens is 433 g/mol. The van der Waals surface area contributed by atoms with Gasteiger partial charge in [-0.2, -0.15) is 13.2 Å². The molecule has 0 radical (unpaired) electrons. The monoisotopic (exact) mass is 452 g/mol. The lowest BCUT2D eigenvalue weighted by atomic mass is 10.1. The lowest BCUT2D eigenvalue weighted by molar-refractivity contribution is -0.137. The minimum atomic E-state index is -4.59. The number of halogens is 4. The molecule has 1 heterocycles. The van der Waals surface area contributed by atoms with Crippen LogP contribution in [0.1, 0.15) is 27.2 Å². The number of aryl methyl sites for hydroxylation is 2. The Morgan fingerprint density at radius 3 is 2.42 bits per heavy atom. The molecule has 0 aliphatic rings. The van der Waals surface area contributed by atoms with Crippen molar-refractivity contribution >= 4 is 35.6 Å². The average molecular weight is 453 g/mol. The van der Waals surface area contributed by atoms with Crippen molar-refractivity contribution in [1.29, 1.82) is 0 Å². The second kappa shape index (κ2) is 9.09. The van der Waals surface area contributed by atoms with E-state index >= 15 is 0 Å². The van der Waals surface area contributed by atoms with Gasteiger partial charge in [0.2, 0.25) is 0 Å². The third-order valence-corrected chi connectivity index (χ3v) is 4.23. The van der Waals surface area contributed by atoms with E-state index in [9.17, 15) is 18.0 Å². The molecule has 7 nitrogen and oxygen atoms in total. The normalized spacial score (nSPS) is 10.9. The molecule has 0 aliphatic carbocycles. The standard InChI is InChI=1S/C20H19F3N6O.ClH/c1-11-3-4-13(5-17(11)28-19(24)25)18(30)27-15-6-14(20(21,22)23)7-16(8-15)29-9-12(2)26-10-29;/h3-10H,1-2H3,(H,27,30)(H4,24,25,28);1H. The van der Waals surface area contributed by atoms with E-state index in [1.54, 1.807) is 26.1 Å². The molecule has 0 atom stereocenters. The minimum absolute atomic E-state index is 0. The van der Waals surface area contributed by atoms with Gasteiger partial charge in [-0.1, -0.05) is 6.07 Å². The van der Waals surface area contributed by atoms with Crippen LogP contribution in [0.5, 0.6) is 0 Å². The van der Waals surface area contributed by atoms with Gasteiger partial charge in [-0.15, -0.1) is 12.4 Å². The number of imidazole rings is 1. The number of rotatable bonds is 4. The molecule has 3 aromatic rings. The fourth-order valence-electron chi connectivity index (χ4n) is 2.77. The van der Waals surface area contributed by atoms with Gasteiger partial charge in [0.25, 0.3) is 5.91 Å². The van der Waals surface area contributed by atoms with Crippen molar-refractivity contribution in [3.05, 3.63) is 71.3 Å². The van der Waals surface area contributed by atoms with E-state index in [2.05, 4.69) is 15.3 Å². The van der Waals surface area contributed by atoms with Gasteiger partial charge < -0.3 is 21.4 Å². The molecule has 0 bridgehead atoms. The fraction of sp³-hybridized carbons (Fsp3) is 0.150. The summed E-state index contributed by atoms with van der Waals surface area (Å²) in [5.41, 5.74) is 12.0. The number of amides is 1. The predicted octanol–water partition coefficient (Wildman–Crippen LogP) is 4.09. The first-order chi connectivity index (χ1) is 14.0. The quantitative estimate of drug-likeness (QED) is 0.409. The first kappa shape index (κ1) is 23.7. The highest BCUT2D eigenvalue weighted by atomic mass is 35.5. The van der Waals surface area contributed by atoms with Crippen molar-refractivity contribution in [3.63, 3.8) is 0 Å². The summed E-state index contributed by atoms with van der Waals surface area (Å²) in [7, 11) is 0. The number of hydrogen-bond acceptors (Lipinski definition) is 3. The second-order valence-electron chi connectivity index (χ2n) is 6.68. The molecule has 5 N–H and O–H groups in total. The molecule has 3 rings (SSSR count). The molecule has 0 saturated carbocycles. The van der Waals surface area contributed by atoms with Crippen LogP contribution in [0.2, 0.25) is 0 Å². The summed E-state index contributed by atoms with van der Waals surface area (Å²) in [6.45, 7) is 3.48. The molecule has 2 aromatic carbocycles. The number of carbonyl (C=O) groups excluding carboxylic acids is 1. The molecule has 0 aliphatic heterocycles. The second-order valence-corrected chi connectivity index (χ2v) is 6.68. The van der Waals surface area contributed by atoms with E-state index in [0.717, 1.165) is 17.7 Å². The number of guanidine groups is 1. The number of aromatic nitrogens is 2. The van der Waals surface area contributed by atoms with E-state index < -0.39 is 17.6 Å². The Bertz CT molecular complexity index is 1140. The fourth-order valence-corrected chi connectivity index (χ4v) is 2.77. The SMILES string of the molecule is Cc1cn(-c2cc(NC(=O)c3ccc(C)c(N=C(N)N)c3)cc(C(F)(F)F)c2)cn1.Cl. The molecule has 0 spiro atoms. The van der Waals surface area contributed by atoms with Crippen molar-refractivity contribution in [2.24, 2.45) is 16.5 Å². The molecule has 164 valence electrons. The highest BCUT2D eigenvalue weighted by molar-refractivity contribution is 6.05. The van der Waals surface area contributed by atoms with Crippen LogP contribution in [0.3, 0.4) is 0 Å². The first-order valence-corrected chi connectivity index (χ1v) is 8.78. The number of alkyl halides is 3. The third-order valence-electron chi connectivity index (χ3n) is 4.23. The Morgan fingerprint density at radius 2 is 1.84 bits per heavy atom. The van der Waals surface area contributed by atoms with Crippen molar-refractivity contribution in [3.8, 4) is 5.69 Å². The molecule has 0 unspecified atom stereocenters. The van der Waals surface area contributed by atoms with Gasteiger partial charge in [-0.05, 0) is 49.7 Å². The number of hydrogen-bond donors (Lipinski definition) is 3. The van der Waals surface area contributed by atoms with Crippen molar-refractivity contribution in [1.82, 2.24) is 9.55 Å². The van der Waals surface area contributed by atoms with E-state index in [4.69, 9.17) is 11.5 Å². The summed E-state index contributed by atoms with van der Waals surface area (Å²) in [6.07, 6.45) is -1.60. The number of carbonyl (C=O) groups is 1. The molecule has 1 amide bonds. The number of nitrogens with two attached hydrogens (primary N) is 2. The number of anilines is 1. The predicted molar refractivity (Wildman–Crippen MR) is 115 cm³/mol. The van der Waals surface area contributed by atoms with Crippen molar-refractivity contribution in [2.45, 2.75) is 20.0 Å². The van der Waals surface area contributed by atoms with Gasteiger partial charge in [0.1, 0.15) is 0 Å². The molecular formula is C20H20ClF3N6O. The summed E-state index contributed by atoms with van der Waals surface area (Å²) >= 11 is 0. The van der Waals surface area contributed by atoms with Gasteiger partial charge in [0.15, 0.2) is 5.96 Å². The number of nitrogens with zero attached hydrogens (tertiary/aromatic N) is 3. The van der Waals surface area contributed by atoms with E-state index in [1.165, 1.54) is 29.1 Å². The van der Waals surface area contributed by atoms with Crippen LogP contribution in [0.4, 0.5) is 24.5 Å². The summed E-state index contributed by atoms with van der Waals surface area (Å²) < 4.78 is 41.6. The maximum Gasteiger partial charge on any atom is 0.416 e. The average Bonchev–Trinajstić information content (AvgIpc) is 3.08. The molecule has 31 heavy (non-hydrogen) atoms. The van der Waals surface area contributed by atoms with Crippen molar-refractivity contribution in [2.75, 3.05) is 5.32 Å². The number of aliphatic imine (C=N–C) groups is 1. The highest BCUT2D eigenvalue weighted by Crippen LogP contribution is 2.33. The molecule has 0 saturated heterocycles. The van der Waals surface area contributed by atoms with E-state index in [0.29, 0.717) is 11.4 Å². The van der Waals surface area contributed by atoms with Crippen LogP contribution in [0.25, 0.3) is 5.69 Å². The lowest BCUT2D eigenvalue weighted by Gasteiger charge is -2.14. The van der Waals surface area contributed by atoms with Crippen LogP contribution in [0.15, 0.2) is 53.9 Å². The molecule has 11 heteroatoms. The van der Waals surface area contributed by atoms with Crippen molar-refractivity contribution < 1.29 is 18.0 Å². The topological polar surface area (TPSA) is 111 Å². The zero-order valence-electron chi connectivity index (χ0n) is 16.6. The van der Waals surface area contributed by atoms with Crippen LogP contribution in [0, 0.1) is 13.8 Å². The summed E-state index contributed by atoms with van der Waals surface area (Å²) in [5, 5.41) is 2.50. The summed E-state index contributed by atoms with van der Waals surface area (Å²) in [6, 6.07) is 7.92.